The summed E-state index contributed by atoms with van der Waals surface area (Å²) in [6.45, 7) is 3.93. The Morgan fingerprint density at radius 3 is 2.25 bits per heavy atom. The molecule has 1 fully saturated rings. The van der Waals surface area contributed by atoms with Crippen LogP contribution in [0, 0.1) is 23.4 Å². The first kappa shape index (κ1) is 17.3. The summed E-state index contributed by atoms with van der Waals surface area (Å²) in [6.07, 6.45) is 1.92. The van der Waals surface area contributed by atoms with Gasteiger partial charge in [-0.1, -0.05) is 0 Å². The molecule has 0 saturated carbocycles. The van der Waals surface area contributed by atoms with E-state index in [0.717, 1.165) is 32.0 Å². The van der Waals surface area contributed by atoms with E-state index in [4.69, 9.17) is 5.73 Å². The van der Waals surface area contributed by atoms with Crippen LogP contribution in [0.3, 0.4) is 0 Å². The van der Waals surface area contributed by atoms with E-state index < -0.39 is 17.5 Å². The number of hydrogen-bond acceptors (Lipinski definition) is 2. The van der Waals surface area contributed by atoms with Crippen LogP contribution in [-0.4, -0.2) is 24.0 Å². The molecule has 1 aromatic carbocycles. The number of likely N-dealkylation sites (tertiary alicyclic amines) is 1. The van der Waals surface area contributed by atoms with Crippen LogP contribution in [0.15, 0.2) is 12.1 Å². The number of benzene rings is 1. The Bertz CT molecular complexity index is 446. The van der Waals surface area contributed by atoms with E-state index in [9.17, 15) is 13.2 Å². The van der Waals surface area contributed by atoms with Crippen molar-refractivity contribution >= 4 is 12.4 Å². The molecule has 1 aromatic rings. The third-order valence-electron chi connectivity index (χ3n) is 3.86. The lowest BCUT2D eigenvalue weighted by molar-refractivity contribution is 0.164. The van der Waals surface area contributed by atoms with E-state index >= 15 is 0 Å². The normalized spacial score (nSPS) is 18.6. The fourth-order valence-electron chi connectivity index (χ4n) is 2.56. The van der Waals surface area contributed by atoms with Crippen molar-refractivity contribution < 1.29 is 13.2 Å². The molecule has 0 aliphatic carbocycles. The van der Waals surface area contributed by atoms with Gasteiger partial charge < -0.3 is 5.73 Å². The predicted octanol–water partition coefficient (Wildman–Crippen LogP) is 3.08. The van der Waals surface area contributed by atoms with E-state index in [2.05, 4.69) is 4.90 Å². The summed E-state index contributed by atoms with van der Waals surface area (Å²) in [5, 5.41) is 0. The van der Waals surface area contributed by atoms with Crippen LogP contribution in [0.5, 0.6) is 0 Å². The number of nitrogens with zero attached hydrogens (tertiary/aromatic N) is 1. The maximum atomic E-state index is 13.5. The summed E-state index contributed by atoms with van der Waals surface area (Å²) < 4.78 is 39.5. The van der Waals surface area contributed by atoms with Crippen molar-refractivity contribution in [2.24, 2.45) is 11.7 Å². The molecule has 1 heterocycles. The van der Waals surface area contributed by atoms with Crippen LogP contribution in [0.1, 0.15) is 25.3 Å². The molecular weight excluding hydrogens is 289 g/mol. The van der Waals surface area contributed by atoms with Crippen molar-refractivity contribution in [3.8, 4) is 0 Å². The molecule has 1 unspecified atom stereocenters. The standard InChI is InChI=1S/C14H19F3N2.ClH/c1-9(18)10-2-4-19(5-3-10)8-11-6-13(16)14(17)7-12(11)15;/h6-7,9-10H,2-5,8,18H2,1H3;1H. The van der Waals surface area contributed by atoms with Crippen molar-refractivity contribution in [2.75, 3.05) is 13.1 Å². The molecular formula is C14H20ClF3N2. The highest BCUT2D eigenvalue weighted by atomic mass is 35.5. The fraction of sp³-hybridized carbons (Fsp3) is 0.571. The van der Waals surface area contributed by atoms with Crippen LogP contribution in [0.2, 0.25) is 0 Å². The van der Waals surface area contributed by atoms with Gasteiger partial charge in [-0.05, 0) is 44.8 Å². The Hall–Kier alpha value is -0.780. The van der Waals surface area contributed by atoms with Crippen molar-refractivity contribution in [1.29, 1.82) is 0 Å². The fourth-order valence-corrected chi connectivity index (χ4v) is 2.56. The lowest BCUT2D eigenvalue weighted by Gasteiger charge is -2.33. The highest BCUT2D eigenvalue weighted by Crippen LogP contribution is 2.22. The summed E-state index contributed by atoms with van der Waals surface area (Å²) >= 11 is 0. The Balaban J connectivity index is 0.00000200. The molecule has 1 aliphatic heterocycles. The molecule has 114 valence electrons. The van der Waals surface area contributed by atoms with E-state index in [-0.39, 0.29) is 24.0 Å². The van der Waals surface area contributed by atoms with Gasteiger partial charge in [0.05, 0.1) is 0 Å². The lowest BCUT2D eigenvalue weighted by atomic mass is 9.91. The molecule has 1 aliphatic rings. The molecule has 2 N–H and O–H groups in total. The number of halogens is 4. The molecule has 0 spiro atoms. The summed E-state index contributed by atoms with van der Waals surface area (Å²) in [4.78, 5) is 2.05. The number of piperidine rings is 1. The molecule has 0 aromatic heterocycles. The third kappa shape index (κ3) is 4.11. The van der Waals surface area contributed by atoms with Crippen LogP contribution in [0.25, 0.3) is 0 Å². The minimum atomic E-state index is -1.14. The molecule has 20 heavy (non-hydrogen) atoms. The number of hydrogen-bond donors (Lipinski definition) is 1. The molecule has 0 amide bonds. The predicted molar refractivity (Wildman–Crippen MR) is 75.2 cm³/mol. The largest absolute Gasteiger partial charge is 0.328 e. The van der Waals surface area contributed by atoms with Gasteiger partial charge in [0.1, 0.15) is 5.82 Å². The summed E-state index contributed by atoms with van der Waals surface area (Å²) in [7, 11) is 0. The SMILES string of the molecule is CC(N)C1CCN(Cc2cc(F)c(F)cc2F)CC1.Cl. The Labute approximate surface area is 123 Å². The molecule has 2 rings (SSSR count). The van der Waals surface area contributed by atoms with Gasteiger partial charge in [-0.15, -0.1) is 12.4 Å². The van der Waals surface area contributed by atoms with Crippen molar-refractivity contribution in [3.63, 3.8) is 0 Å². The Morgan fingerprint density at radius 1 is 1.15 bits per heavy atom. The van der Waals surface area contributed by atoms with Crippen molar-refractivity contribution in [3.05, 3.63) is 35.1 Å². The summed E-state index contributed by atoms with van der Waals surface area (Å²) in [5.41, 5.74) is 6.06. The zero-order chi connectivity index (χ0) is 14.0. The zero-order valence-corrected chi connectivity index (χ0v) is 12.2. The molecule has 6 heteroatoms. The summed E-state index contributed by atoms with van der Waals surface area (Å²) in [6, 6.07) is 1.73. The molecule has 1 atom stereocenters. The number of rotatable bonds is 3. The zero-order valence-electron chi connectivity index (χ0n) is 11.4. The smallest absolute Gasteiger partial charge is 0.161 e. The molecule has 0 bridgehead atoms. The topological polar surface area (TPSA) is 29.3 Å². The first-order valence-electron chi connectivity index (χ1n) is 6.58. The minimum absolute atomic E-state index is 0. The van der Waals surface area contributed by atoms with Crippen LogP contribution in [0.4, 0.5) is 13.2 Å². The molecule has 1 saturated heterocycles. The van der Waals surface area contributed by atoms with Crippen LogP contribution < -0.4 is 5.73 Å². The van der Waals surface area contributed by atoms with Gasteiger partial charge in [0, 0.05) is 24.2 Å². The van der Waals surface area contributed by atoms with Crippen LogP contribution in [-0.2, 0) is 6.54 Å². The van der Waals surface area contributed by atoms with E-state index in [0.29, 0.717) is 18.5 Å². The first-order chi connectivity index (χ1) is 8.97. The second-order valence-corrected chi connectivity index (χ2v) is 5.33. The van der Waals surface area contributed by atoms with Crippen molar-refractivity contribution in [1.82, 2.24) is 4.90 Å². The van der Waals surface area contributed by atoms with Gasteiger partial charge in [-0.25, -0.2) is 13.2 Å². The average molecular weight is 309 g/mol. The van der Waals surface area contributed by atoms with Gasteiger partial charge in [0.2, 0.25) is 0 Å². The maximum Gasteiger partial charge on any atom is 0.161 e. The average Bonchev–Trinajstić information content (AvgIpc) is 2.36. The second kappa shape index (κ2) is 7.29. The highest BCUT2D eigenvalue weighted by molar-refractivity contribution is 5.85. The third-order valence-corrected chi connectivity index (χ3v) is 3.86. The van der Waals surface area contributed by atoms with Gasteiger partial charge in [0.25, 0.3) is 0 Å². The Kier molecular flexibility index (Phi) is 6.30. The van der Waals surface area contributed by atoms with E-state index in [1.165, 1.54) is 0 Å². The van der Waals surface area contributed by atoms with Crippen LogP contribution >= 0.6 is 12.4 Å². The molecule has 2 nitrogen and oxygen atoms in total. The van der Waals surface area contributed by atoms with E-state index in [1.54, 1.807) is 0 Å². The number of nitrogens with two attached hydrogens (primary N) is 1. The second-order valence-electron chi connectivity index (χ2n) is 5.33. The lowest BCUT2D eigenvalue weighted by Crippen LogP contribution is -2.39. The van der Waals surface area contributed by atoms with Gasteiger partial charge in [-0.2, -0.15) is 0 Å². The quantitative estimate of drug-likeness (QED) is 0.870. The monoisotopic (exact) mass is 308 g/mol. The summed E-state index contributed by atoms with van der Waals surface area (Å²) in [5.74, 6) is -2.34. The highest BCUT2D eigenvalue weighted by Gasteiger charge is 2.22. The maximum absolute atomic E-state index is 13.5. The minimum Gasteiger partial charge on any atom is -0.328 e. The van der Waals surface area contributed by atoms with Crippen molar-refractivity contribution in [2.45, 2.75) is 32.4 Å². The van der Waals surface area contributed by atoms with Gasteiger partial charge in [0.15, 0.2) is 11.6 Å². The van der Waals surface area contributed by atoms with E-state index in [1.807, 2.05) is 6.92 Å². The molecule has 0 radical (unpaired) electrons. The Morgan fingerprint density at radius 2 is 1.70 bits per heavy atom. The van der Waals surface area contributed by atoms with Gasteiger partial charge in [-0.3, -0.25) is 4.90 Å². The first-order valence-corrected chi connectivity index (χ1v) is 6.58. The van der Waals surface area contributed by atoms with Gasteiger partial charge >= 0.3 is 0 Å².